The van der Waals surface area contributed by atoms with Crippen molar-refractivity contribution in [2.75, 3.05) is 11.4 Å². The van der Waals surface area contributed by atoms with Crippen molar-refractivity contribution in [3.63, 3.8) is 0 Å². The van der Waals surface area contributed by atoms with E-state index in [-0.39, 0.29) is 6.54 Å². The highest BCUT2D eigenvalue weighted by Gasteiger charge is 2.35. The molecule has 2 amide bonds. The maximum Gasteiger partial charge on any atom is 0.247 e. The van der Waals surface area contributed by atoms with Gasteiger partial charge in [0.1, 0.15) is 23.4 Å². The Morgan fingerprint density at radius 2 is 1.88 bits per heavy atom. The largest absolute Gasteiger partial charge is 0.345 e. The minimum absolute atomic E-state index is 0.253. The number of hydrogen-bond donors (Lipinski definition) is 1. The molecule has 0 radical (unpaired) electrons. The van der Waals surface area contributed by atoms with Gasteiger partial charge in [-0.2, -0.15) is 0 Å². The molecule has 0 aromatic heterocycles. The number of nitrogens with one attached hydrogen (secondary N) is 1. The molecule has 0 bridgehead atoms. The third-order valence-electron chi connectivity index (χ3n) is 2.63. The van der Waals surface area contributed by atoms with Crippen LogP contribution in [-0.4, -0.2) is 24.4 Å². The van der Waals surface area contributed by atoms with Crippen LogP contribution in [0.1, 0.15) is 6.92 Å². The third-order valence-corrected chi connectivity index (χ3v) is 2.63. The van der Waals surface area contributed by atoms with Crippen LogP contribution in [0.4, 0.5) is 14.5 Å². The van der Waals surface area contributed by atoms with E-state index >= 15 is 0 Å². The van der Waals surface area contributed by atoms with Crippen molar-refractivity contribution in [2.45, 2.75) is 13.0 Å². The van der Waals surface area contributed by atoms with Crippen molar-refractivity contribution in [1.29, 1.82) is 0 Å². The lowest BCUT2D eigenvalue weighted by molar-refractivity contribution is -0.130. The average Bonchev–Trinajstić information content (AvgIpc) is 2.28. The fraction of sp³-hybridized carbons (Fsp3) is 0.273. The molecule has 0 spiro atoms. The number of rotatable bonds is 1. The number of carbonyl (C=O) groups excluding carboxylic acids is 2. The van der Waals surface area contributed by atoms with Gasteiger partial charge >= 0.3 is 0 Å². The van der Waals surface area contributed by atoms with Gasteiger partial charge in [0.05, 0.1) is 6.54 Å². The first-order valence-electron chi connectivity index (χ1n) is 5.06. The van der Waals surface area contributed by atoms with E-state index < -0.39 is 35.2 Å². The first kappa shape index (κ1) is 11.5. The zero-order valence-corrected chi connectivity index (χ0v) is 9.04. The Hall–Kier alpha value is -1.98. The van der Waals surface area contributed by atoms with E-state index in [1.165, 1.54) is 13.0 Å². The Bertz CT molecular complexity index is 470. The molecule has 1 atom stereocenters. The third kappa shape index (κ3) is 1.86. The maximum absolute atomic E-state index is 13.5. The SMILES string of the molecule is CC1C(=O)NCC(=O)N1c1c(F)cccc1F. The number of hydrogen-bond acceptors (Lipinski definition) is 2. The van der Waals surface area contributed by atoms with Gasteiger partial charge in [-0.3, -0.25) is 14.5 Å². The molecule has 1 aromatic rings. The summed E-state index contributed by atoms with van der Waals surface area (Å²) >= 11 is 0. The summed E-state index contributed by atoms with van der Waals surface area (Å²) in [5.74, 6) is -2.70. The van der Waals surface area contributed by atoms with Gasteiger partial charge in [-0.05, 0) is 19.1 Å². The molecule has 1 unspecified atom stereocenters. The first-order valence-corrected chi connectivity index (χ1v) is 5.06. The van der Waals surface area contributed by atoms with Gasteiger partial charge in [0.2, 0.25) is 11.8 Å². The Balaban J connectivity index is 2.50. The summed E-state index contributed by atoms with van der Waals surface area (Å²) in [6, 6.07) is 2.37. The van der Waals surface area contributed by atoms with E-state index in [9.17, 15) is 18.4 Å². The first-order chi connectivity index (χ1) is 8.02. The van der Waals surface area contributed by atoms with Crippen LogP contribution < -0.4 is 10.2 Å². The molecule has 6 heteroatoms. The van der Waals surface area contributed by atoms with E-state index in [2.05, 4.69) is 5.32 Å². The second-order valence-corrected chi connectivity index (χ2v) is 3.73. The topological polar surface area (TPSA) is 49.4 Å². The standard InChI is InChI=1S/C11H10F2N2O2/c1-6-11(17)14-5-9(16)15(6)10-7(12)3-2-4-8(10)13/h2-4,6H,5H2,1H3,(H,14,17). The fourth-order valence-corrected chi connectivity index (χ4v) is 1.77. The molecule has 0 aliphatic carbocycles. The summed E-state index contributed by atoms with van der Waals surface area (Å²) in [4.78, 5) is 23.9. The van der Waals surface area contributed by atoms with Gasteiger partial charge < -0.3 is 5.32 Å². The molecule has 1 fully saturated rings. The normalized spacial score (nSPS) is 20.4. The lowest BCUT2D eigenvalue weighted by Crippen LogP contribution is -2.57. The van der Waals surface area contributed by atoms with E-state index in [0.29, 0.717) is 0 Å². The minimum Gasteiger partial charge on any atom is -0.345 e. The van der Waals surface area contributed by atoms with Crippen molar-refractivity contribution in [3.05, 3.63) is 29.8 Å². The smallest absolute Gasteiger partial charge is 0.247 e. The van der Waals surface area contributed by atoms with Crippen LogP contribution in [0, 0.1) is 11.6 Å². The average molecular weight is 240 g/mol. The van der Waals surface area contributed by atoms with E-state index in [0.717, 1.165) is 17.0 Å². The summed E-state index contributed by atoms with van der Waals surface area (Å²) in [5.41, 5.74) is -0.472. The van der Waals surface area contributed by atoms with Crippen molar-refractivity contribution < 1.29 is 18.4 Å². The molecule has 1 N–H and O–H groups in total. The van der Waals surface area contributed by atoms with Crippen LogP contribution in [0.2, 0.25) is 0 Å². The van der Waals surface area contributed by atoms with Gasteiger partial charge in [0, 0.05) is 0 Å². The monoisotopic (exact) mass is 240 g/mol. The molecule has 1 aliphatic rings. The molecule has 4 nitrogen and oxygen atoms in total. The maximum atomic E-state index is 13.5. The lowest BCUT2D eigenvalue weighted by atomic mass is 10.1. The molecular weight excluding hydrogens is 230 g/mol. The van der Waals surface area contributed by atoms with Crippen molar-refractivity contribution >= 4 is 17.5 Å². The van der Waals surface area contributed by atoms with E-state index in [4.69, 9.17) is 0 Å². The predicted molar refractivity (Wildman–Crippen MR) is 56.3 cm³/mol. The van der Waals surface area contributed by atoms with Gasteiger partial charge in [0.15, 0.2) is 0 Å². The summed E-state index contributed by atoms with van der Waals surface area (Å²) < 4.78 is 27.1. The molecule has 2 rings (SSSR count). The highest BCUT2D eigenvalue weighted by molar-refractivity contribution is 6.06. The molecule has 1 saturated heterocycles. The number of nitrogens with zero attached hydrogens (tertiary/aromatic N) is 1. The minimum atomic E-state index is -0.928. The van der Waals surface area contributed by atoms with E-state index in [1.807, 2.05) is 0 Å². The number of piperazine rings is 1. The lowest BCUT2D eigenvalue weighted by Gasteiger charge is -2.32. The van der Waals surface area contributed by atoms with Crippen LogP contribution >= 0.6 is 0 Å². The van der Waals surface area contributed by atoms with Crippen LogP contribution in [0.15, 0.2) is 18.2 Å². The molecule has 1 heterocycles. The summed E-state index contributed by atoms with van der Waals surface area (Å²) in [6.07, 6.45) is 0. The van der Waals surface area contributed by atoms with Crippen molar-refractivity contribution in [3.8, 4) is 0 Å². The summed E-state index contributed by atoms with van der Waals surface area (Å²) in [7, 11) is 0. The van der Waals surface area contributed by atoms with Gasteiger partial charge in [-0.15, -0.1) is 0 Å². The highest BCUT2D eigenvalue weighted by Crippen LogP contribution is 2.26. The number of carbonyl (C=O) groups is 2. The fourth-order valence-electron chi connectivity index (χ4n) is 1.77. The highest BCUT2D eigenvalue weighted by atomic mass is 19.1. The molecule has 17 heavy (non-hydrogen) atoms. The number of halogens is 2. The van der Waals surface area contributed by atoms with Crippen LogP contribution in [0.3, 0.4) is 0 Å². The molecule has 1 aliphatic heterocycles. The van der Waals surface area contributed by atoms with Gasteiger partial charge in [0.25, 0.3) is 0 Å². The second-order valence-electron chi connectivity index (χ2n) is 3.73. The summed E-state index contributed by atoms with van der Waals surface area (Å²) in [5, 5.41) is 2.35. The van der Waals surface area contributed by atoms with E-state index in [1.54, 1.807) is 0 Å². The second kappa shape index (κ2) is 4.12. The quantitative estimate of drug-likeness (QED) is 0.790. The van der Waals surface area contributed by atoms with Crippen molar-refractivity contribution in [2.24, 2.45) is 0 Å². The Kier molecular flexibility index (Phi) is 2.79. The number of benzene rings is 1. The Labute approximate surface area is 96.2 Å². The predicted octanol–water partition coefficient (Wildman–Crippen LogP) is 0.816. The van der Waals surface area contributed by atoms with Crippen molar-refractivity contribution in [1.82, 2.24) is 5.32 Å². The number of para-hydroxylation sites is 1. The zero-order valence-electron chi connectivity index (χ0n) is 9.04. The van der Waals surface area contributed by atoms with Gasteiger partial charge in [-0.1, -0.05) is 6.07 Å². The molecule has 1 aromatic carbocycles. The van der Waals surface area contributed by atoms with Crippen LogP contribution in [0.25, 0.3) is 0 Å². The summed E-state index contributed by atoms with van der Waals surface area (Å²) in [6.45, 7) is 1.16. The zero-order chi connectivity index (χ0) is 12.6. The van der Waals surface area contributed by atoms with Gasteiger partial charge in [-0.25, -0.2) is 8.78 Å². The molecular formula is C11H10F2N2O2. The van der Waals surface area contributed by atoms with Crippen LogP contribution in [0.5, 0.6) is 0 Å². The number of anilines is 1. The molecule has 90 valence electrons. The molecule has 0 saturated carbocycles. The Morgan fingerprint density at radius 3 is 2.47 bits per heavy atom. The number of amides is 2. The van der Waals surface area contributed by atoms with Crippen LogP contribution in [-0.2, 0) is 9.59 Å². The Morgan fingerprint density at radius 1 is 1.29 bits per heavy atom.